The molecular formula is C15H22ClN3O. The molecule has 1 aliphatic carbocycles. The normalized spacial score (nSPS) is 16.9. The first-order chi connectivity index (χ1) is 9.54. The summed E-state index contributed by atoms with van der Waals surface area (Å²) in [4.78, 5) is 16.5. The van der Waals surface area contributed by atoms with E-state index in [4.69, 9.17) is 11.6 Å². The minimum absolute atomic E-state index is 0.192. The summed E-state index contributed by atoms with van der Waals surface area (Å²) in [5.41, 5.74) is 0.522. The predicted molar refractivity (Wildman–Crippen MR) is 82.3 cm³/mol. The molecule has 4 nitrogen and oxygen atoms in total. The molecule has 1 heterocycles. The number of amides is 1. The highest BCUT2D eigenvalue weighted by Gasteiger charge is 2.29. The van der Waals surface area contributed by atoms with Gasteiger partial charge in [0.2, 0.25) is 0 Å². The van der Waals surface area contributed by atoms with Gasteiger partial charge in [-0.1, -0.05) is 31.4 Å². The van der Waals surface area contributed by atoms with Crippen molar-refractivity contribution < 1.29 is 4.79 Å². The van der Waals surface area contributed by atoms with Crippen LogP contribution in [-0.2, 0) is 0 Å². The van der Waals surface area contributed by atoms with E-state index in [0.717, 1.165) is 6.54 Å². The first kappa shape index (κ1) is 15.1. The van der Waals surface area contributed by atoms with E-state index in [9.17, 15) is 4.79 Å². The van der Waals surface area contributed by atoms with Gasteiger partial charge in [0.05, 0.1) is 5.02 Å². The molecule has 1 aromatic heterocycles. The number of halogens is 1. The second-order valence-electron chi connectivity index (χ2n) is 5.76. The fraction of sp³-hybridized carbons (Fsp3) is 0.600. The largest absolute Gasteiger partial charge is 0.370 e. The van der Waals surface area contributed by atoms with Crippen molar-refractivity contribution in [2.45, 2.75) is 39.5 Å². The van der Waals surface area contributed by atoms with Crippen LogP contribution < -0.4 is 10.6 Å². The molecule has 1 aliphatic rings. The minimum atomic E-state index is -0.192. The van der Waals surface area contributed by atoms with E-state index in [0.29, 0.717) is 23.1 Å². The maximum atomic E-state index is 12.2. The van der Waals surface area contributed by atoms with Crippen LogP contribution in [0, 0.1) is 5.41 Å². The molecule has 1 saturated carbocycles. The highest BCUT2D eigenvalue weighted by Crippen LogP contribution is 2.36. The molecule has 2 rings (SSSR count). The van der Waals surface area contributed by atoms with Crippen molar-refractivity contribution in [3.63, 3.8) is 0 Å². The molecule has 110 valence electrons. The Bertz CT molecular complexity index is 484. The van der Waals surface area contributed by atoms with Crippen molar-refractivity contribution >= 4 is 23.3 Å². The summed E-state index contributed by atoms with van der Waals surface area (Å²) in [6, 6.07) is 3.49. The number of aromatic nitrogens is 1. The Hall–Kier alpha value is -1.29. The fourth-order valence-electron chi connectivity index (χ4n) is 2.66. The van der Waals surface area contributed by atoms with Gasteiger partial charge in [0.15, 0.2) is 0 Å². The highest BCUT2D eigenvalue weighted by molar-refractivity contribution is 6.33. The quantitative estimate of drug-likeness (QED) is 0.874. The third-order valence-corrected chi connectivity index (χ3v) is 4.21. The number of carbonyl (C=O) groups excluding carboxylic acids is 1. The zero-order valence-electron chi connectivity index (χ0n) is 12.1. The fourth-order valence-corrected chi connectivity index (χ4v) is 2.85. The first-order valence-electron chi connectivity index (χ1n) is 7.23. The Balaban J connectivity index is 2.02. The Kier molecular flexibility index (Phi) is 4.86. The molecule has 0 radical (unpaired) electrons. The zero-order chi connectivity index (χ0) is 14.6. The van der Waals surface area contributed by atoms with Gasteiger partial charge in [0.1, 0.15) is 11.5 Å². The van der Waals surface area contributed by atoms with Crippen LogP contribution in [0.15, 0.2) is 12.1 Å². The maximum Gasteiger partial charge on any atom is 0.271 e. The second kappa shape index (κ2) is 6.44. The highest BCUT2D eigenvalue weighted by atomic mass is 35.5. The second-order valence-corrected chi connectivity index (χ2v) is 6.16. The molecular weight excluding hydrogens is 274 g/mol. The Morgan fingerprint density at radius 2 is 2.10 bits per heavy atom. The van der Waals surface area contributed by atoms with E-state index in [1.54, 1.807) is 12.1 Å². The Morgan fingerprint density at radius 3 is 2.75 bits per heavy atom. The van der Waals surface area contributed by atoms with E-state index < -0.39 is 0 Å². The van der Waals surface area contributed by atoms with E-state index in [-0.39, 0.29) is 11.3 Å². The van der Waals surface area contributed by atoms with Gasteiger partial charge in [0.25, 0.3) is 5.91 Å². The van der Waals surface area contributed by atoms with Gasteiger partial charge in [-0.05, 0) is 37.3 Å². The number of hydrogen-bond acceptors (Lipinski definition) is 3. The lowest BCUT2D eigenvalue weighted by atomic mass is 9.89. The summed E-state index contributed by atoms with van der Waals surface area (Å²) < 4.78 is 0. The predicted octanol–water partition coefficient (Wildman–Crippen LogP) is 3.48. The van der Waals surface area contributed by atoms with Crippen molar-refractivity contribution in [1.82, 2.24) is 10.3 Å². The molecule has 0 bridgehead atoms. The zero-order valence-corrected chi connectivity index (χ0v) is 12.9. The molecule has 1 fully saturated rings. The van der Waals surface area contributed by atoms with Gasteiger partial charge < -0.3 is 10.6 Å². The summed E-state index contributed by atoms with van der Waals surface area (Å²) in [5.74, 6) is 0.483. The third kappa shape index (κ3) is 3.63. The van der Waals surface area contributed by atoms with Crippen molar-refractivity contribution in [2.24, 2.45) is 5.41 Å². The average Bonchev–Trinajstić information content (AvgIpc) is 2.86. The molecule has 1 aromatic rings. The maximum absolute atomic E-state index is 12.2. The number of pyridine rings is 1. The van der Waals surface area contributed by atoms with Crippen LogP contribution >= 0.6 is 11.6 Å². The number of rotatable bonds is 5. The summed E-state index contributed by atoms with van der Waals surface area (Å²) >= 11 is 6.07. The molecule has 0 aromatic carbocycles. The van der Waals surface area contributed by atoms with Crippen molar-refractivity contribution in [2.75, 3.05) is 18.4 Å². The smallest absolute Gasteiger partial charge is 0.271 e. The number of anilines is 1. The lowest BCUT2D eigenvalue weighted by molar-refractivity contribution is 0.0929. The van der Waals surface area contributed by atoms with Gasteiger partial charge in [-0.3, -0.25) is 4.79 Å². The average molecular weight is 296 g/mol. The molecule has 5 heteroatoms. The number of carbonyl (C=O) groups is 1. The first-order valence-corrected chi connectivity index (χ1v) is 7.60. The van der Waals surface area contributed by atoms with Crippen LogP contribution in [0.2, 0.25) is 5.02 Å². The lowest BCUT2D eigenvalue weighted by Gasteiger charge is -2.23. The minimum Gasteiger partial charge on any atom is -0.370 e. The van der Waals surface area contributed by atoms with Crippen molar-refractivity contribution in [3.8, 4) is 0 Å². The molecule has 0 unspecified atom stereocenters. The third-order valence-electron chi connectivity index (χ3n) is 3.91. The molecule has 1 amide bonds. The Labute approximate surface area is 125 Å². The monoisotopic (exact) mass is 295 g/mol. The standard InChI is InChI=1S/C15H22ClN3O/c1-3-17-12-7-6-11(16)13(19-12)14(20)18-10-15(2)8-4-5-9-15/h6-7H,3-5,8-10H2,1-2H3,(H,17,19)(H,18,20). The van der Waals surface area contributed by atoms with Crippen molar-refractivity contribution in [3.05, 3.63) is 22.8 Å². The van der Waals surface area contributed by atoms with Crippen LogP contribution in [0.25, 0.3) is 0 Å². The van der Waals surface area contributed by atoms with E-state index in [2.05, 4.69) is 22.5 Å². The number of nitrogens with zero attached hydrogens (tertiary/aromatic N) is 1. The van der Waals surface area contributed by atoms with Crippen molar-refractivity contribution in [1.29, 1.82) is 0 Å². The van der Waals surface area contributed by atoms with Gasteiger partial charge in [-0.25, -0.2) is 4.98 Å². The van der Waals surface area contributed by atoms with Gasteiger partial charge in [-0.2, -0.15) is 0 Å². The number of hydrogen-bond donors (Lipinski definition) is 2. The summed E-state index contributed by atoms with van der Waals surface area (Å²) in [6.07, 6.45) is 4.85. The summed E-state index contributed by atoms with van der Waals surface area (Å²) in [7, 11) is 0. The van der Waals surface area contributed by atoms with Gasteiger partial charge >= 0.3 is 0 Å². The van der Waals surface area contributed by atoms with Crippen LogP contribution in [0.4, 0.5) is 5.82 Å². The molecule has 0 aliphatic heterocycles. The van der Waals surface area contributed by atoms with Crippen LogP contribution in [-0.4, -0.2) is 24.0 Å². The topological polar surface area (TPSA) is 54.0 Å². The van der Waals surface area contributed by atoms with Gasteiger partial charge in [-0.15, -0.1) is 0 Å². The Morgan fingerprint density at radius 1 is 1.40 bits per heavy atom. The SMILES string of the molecule is CCNc1ccc(Cl)c(C(=O)NCC2(C)CCCC2)n1. The van der Waals surface area contributed by atoms with Crippen LogP contribution in [0.5, 0.6) is 0 Å². The molecule has 20 heavy (non-hydrogen) atoms. The molecule has 0 spiro atoms. The van der Waals surface area contributed by atoms with Gasteiger partial charge in [0, 0.05) is 13.1 Å². The van der Waals surface area contributed by atoms with Crippen LogP contribution in [0.1, 0.15) is 50.0 Å². The summed E-state index contributed by atoms with van der Waals surface area (Å²) in [6.45, 7) is 5.66. The number of nitrogens with one attached hydrogen (secondary N) is 2. The molecule has 0 saturated heterocycles. The van der Waals surface area contributed by atoms with E-state index >= 15 is 0 Å². The summed E-state index contributed by atoms with van der Waals surface area (Å²) in [5, 5.41) is 6.45. The van der Waals surface area contributed by atoms with Crippen LogP contribution in [0.3, 0.4) is 0 Å². The van der Waals surface area contributed by atoms with E-state index in [1.165, 1.54) is 25.7 Å². The molecule has 0 atom stereocenters. The lowest BCUT2D eigenvalue weighted by Crippen LogP contribution is -2.34. The molecule has 2 N–H and O–H groups in total. The van der Waals surface area contributed by atoms with E-state index in [1.807, 2.05) is 6.92 Å².